The van der Waals surface area contributed by atoms with Gasteiger partial charge in [0.05, 0.1) is 0 Å². The minimum Gasteiger partial charge on any atom is -0.398 e. The molecule has 0 radical (unpaired) electrons. The molecule has 3 aromatic carbocycles. The molecule has 0 aliphatic rings. The summed E-state index contributed by atoms with van der Waals surface area (Å²) in [5.74, 6) is 5.60. The van der Waals surface area contributed by atoms with Gasteiger partial charge in [-0.2, -0.15) is 0 Å². The molecule has 0 aliphatic heterocycles. The Kier molecular flexibility index (Phi) is 4.54. The zero-order chi connectivity index (χ0) is 16.9. The lowest BCUT2D eigenvalue weighted by molar-refractivity contribution is 0.630. The molecular weight excluding hydrogens is 303 g/mol. The van der Waals surface area contributed by atoms with Gasteiger partial charge in [-0.25, -0.2) is 15.2 Å². The number of hydrogen-bond donors (Lipinski definition) is 3. The second-order valence-electron chi connectivity index (χ2n) is 5.19. The fourth-order valence-corrected chi connectivity index (χ4v) is 2.50. The molecule has 0 amide bonds. The summed E-state index contributed by atoms with van der Waals surface area (Å²) in [4.78, 5) is 4.33. The van der Waals surface area contributed by atoms with E-state index >= 15 is 0 Å². The number of para-hydroxylation sites is 2. The summed E-state index contributed by atoms with van der Waals surface area (Å²) in [6.45, 7) is 0. The third-order valence-corrected chi connectivity index (χ3v) is 3.65. The molecule has 0 atom stereocenters. The van der Waals surface area contributed by atoms with E-state index in [0.29, 0.717) is 11.5 Å². The van der Waals surface area contributed by atoms with Crippen molar-refractivity contribution in [3.8, 4) is 11.1 Å². The number of nitrogen functional groups attached to an aromatic ring is 1. The Morgan fingerprint density at radius 1 is 0.833 bits per heavy atom. The molecule has 0 aromatic heterocycles. The third-order valence-electron chi connectivity index (χ3n) is 3.65. The van der Waals surface area contributed by atoms with Gasteiger partial charge in [0.15, 0.2) is 0 Å². The van der Waals surface area contributed by atoms with Gasteiger partial charge in [-0.3, -0.25) is 0 Å². The van der Waals surface area contributed by atoms with Crippen molar-refractivity contribution in [3.05, 3.63) is 84.2 Å². The fourth-order valence-electron chi connectivity index (χ4n) is 2.50. The Balaban J connectivity index is 2.15. The van der Waals surface area contributed by atoms with Crippen molar-refractivity contribution < 1.29 is 4.39 Å². The Morgan fingerprint density at radius 3 is 2.17 bits per heavy atom. The van der Waals surface area contributed by atoms with Crippen molar-refractivity contribution in [1.82, 2.24) is 5.43 Å². The van der Waals surface area contributed by atoms with E-state index in [4.69, 9.17) is 11.6 Å². The number of nitrogens with one attached hydrogen (secondary N) is 1. The lowest BCUT2D eigenvalue weighted by Gasteiger charge is -2.13. The largest absolute Gasteiger partial charge is 0.398 e. The highest BCUT2D eigenvalue weighted by Gasteiger charge is 2.12. The first-order chi connectivity index (χ1) is 11.7. The molecule has 0 saturated heterocycles. The Bertz CT molecular complexity index is 890. The molecule has 0 aliphatic carbocycles. The van der Waals surface area contributed by atoms with E-state index in [-0.39, 0.29) is 5.69 Å². The number of hydrogen-bond acceptors (Lipinski definition) is 3. The van der Waals surface area contributed by atoms with E-state index in [9.17, 15) is 4.39 Å². The zero-order valence-corrected chi connectivity index (χ0v) is 12.9. The minimum atomic E-state index is -0.415. The van der Waals surface area contributed by atoms with Gasteiger partial charge in [-0.15, -0.1) is 0 Å². The summed E-state index contributed by atoms with van der Waals surface area (Å²) in [6.07, 6.45) is 0. The number of rotatable bonds is 3. The summed E-state index contributed by atoms with van der Waals surface area (Å²) < 4.78 is 13.9. The van der Waals surface area contributed by atoms with Crippen LogP contribution in [0.1, 0.15) is 5.56 Å². The number of aliphatic imine (C=N–C) groups is 1. The summed E-state index contributed by atoms with van der Waals surface area (Å²) >= 11 is 0. The van der Waals surface area contributed by atoms with Gasteiger partial charge < -0.3 is 11.2 Å². The van der Waals surface area contributed by atoms with E-state index in [2.05, 4.69) is 10.4 Å². The summed E-state index contributed by atoms with van der Waals surface area (Å²) in [7, 11) is 0. The van der Waals surface area contributed by atoms with Crippen LogP contribution in [0.25, 0.3) is 11.1 Å². The average molecular weight is 320 g/mol. The van der Waals surface area contributed by atoms with Crippen LogP contribution in [0.3, 0.4) is 0 Å². The first kappa shape index (κ1) is 15.7. The molecule has 5 N–H and O–H groups in total. The van der Waals surface area contributed by atoms with Crippen LogP contribution in [0.5, 0.6) is 0 Å². The van der Waals surface area contributed by atoms with Crippen LogP contribution in [0.2, 0.25) is 0 Å². The predicted molar refractivity (Wildman–Crippen MR) is 96.2 cm³/mol. The van der Waals surface area contributed by atoms with Gasteiger partial charge in [0, 0.05) is 16.8 Å². The van der Waals surface area contributed by atoms with Crippen LogP contribution < -0.4 is 17.0 Å². The number of nitrogens with two attached hydrogens (primary N) is 2. The van der Waals surface area contributed by atoms with Crippen LogP contribution in [-0.2, 0) is 0 Å². The smallest absolute Gasteiger partial charge is 0.148 e. The molecular formula is C19H17FN4. The van der Waals surface area contributed by atoms with Crippen molar-refractivity contribution in [2.75, 3.05) is 5.73 Å². The first-order valence-corrected chi connectivity index (χ1v) is 7.45. The second kappa shape index (κ2) is 6.93. The summed E-state index contributed by atoms with van der Waals surface area (Å²) in [6, 6.07) is 21.4. The maximum Gasteiger partial charge on any atom is 0.148 e. The molecule has 5 heteroatoms. The highest BCUT2D eigenvalue weighted by atomic mass is 19.1. The zero-order valence-electron chi connectivity index (χ0n) is 12.9. The molecule has 4 nitrogen and oxygen atoms in total. The van der Waals surface area contributed by atoms with Crippen molar-refractivity contribution in [3.63, 3.8) is 0 Å². The highest BCUT2D eigenvalue weighted by Crippen LogP contribution is 2.29. The quantitative estimate of drug-likeness (QED) is 0.227. The summed E-state index contributed by atoms with van der Waals surface area (Å²) in [5, 5.41) is 0. The molecule has 0 saturated carbocycles. The molecule has 3 rings (SSSR count). The topological polar surface area (TPSA) is 76.4 Å². The monoisotopic (exact) mass is 320 g/mol. The molecule has 24 heavy (non-hydrogen) atoms. The highest BCUT2D eigenvalue weighted by molar-refractivity contribution is 6.06. The van der Waals surface area contributed by atoms with Gasteiger partial charge in [0.1, 0.15) is 17.3 Å². The maximum absolute atomic E-state index is 13.9. The maximum atomic E-state index is 13.9. The Labute approximate surface area is 139 Å². The van der Waals surface area contributed by atoms with Crippen molar-refractivity contribution in [1.29, 1.82) is 0 Å². The Morgan fingerprint density at radius 2 is 1.46 bits per heavy atom. The number of benzene rings is 3. The molecule has 3 aromatic rings. The van der Waals surface area contributed by atoms with Crippen LogP contribution >= 0.6 is 0 Å². The molecule has 120 valence electrons. The molecule has 0 bridgehead atoms. The average Bonchev–Trinajstić information content (AvgIpc) is 2.62. The number of anilines is 1. The van der Waals surface area contributed by atoms with E-state index in [1.807, 2.05) is 48.5 Å². The normalized spacial score (nSPS) is 11.3. The van der Waals surface area contributed by atoms with Gasteiger partial charge >= 0.3 is 0 Å². The molecule has 0 heterocycles. The van der Waals surface area contributed by atoms with Crippen molar-refractivity contribution >= 4 is 17.2 Å². The lowest BCUT2D eigenvalue weighted by Crippen LogP contribution is -2.31. The second-order valence-corrected chi connectivity index (χ2v) is 5.19. The van der Waals surface area contributed by atoms with Crippen LogP contribution in [0.4, 0.5) is 15.8 Å². The molecule has 0 spiro atoms. The van der Waals surface area contributed by atoms with Crippen LogP contribution in [-0.4, -0.2) is 5.84 Å². The standard InChI is InChI=1S/C19H17FN4/c20-16-10-4-6-12-18(16)23-19(24-22)15-9-2-1-7-13(15)14-8-3-5-11-17(14)21/h1-12H,21-22H2,(H,23,24). The van der Waals surface area contributed by atoms with Crippen molar-refractivity contribution in [2.45, 2.75) is 0 Å². The summed E-state index contributed by atoms with van der Waals surface area (Å²) in [5.41, 5.74) is 12.0. The van der Waals surface area contributed by atoms with E-state index < -0.39 is 5.82 Å². The molecule has 0 fully saturated rings. The van der Waals surface area contributed by atoms with Gasteiger partial charge in [-0.05, 0) is 23.8 Å². The lowest BCUT2D eigenvalue weighted by atomic mass is 9.97. The minimum absolute atomic E-state index is 0.210. The van der Waals surface area contributed by atoms with Crippen LogP contribution in [0.15, 0.2) is 77.8 Å². The number of hydrazine groups is 1. The SMILES string of the molecule is NNC(=Nc1ccccc1F)c1ccccc1-c1ccccc1N. The van der Waals surface area contributed by atoms with Gasteiger partial charge in [0.2, 0.25) is 0 Å². The number of halogens is 1. The Hall–Kier alpha value is -3.18. The van der Waals surface area contributed by atoms with Crippen molar-refractivity contribution in [2.24, 2.45) is 10.8 Å². The van der Waals surface area contributed by atoms with Gasteiger partial charge in [0.25, 0.3) is 0 Å². The first-order valence-electron chi connectivity index (χ1n) is 7.45. The number of nitrogens with zero attached hydrogens (tertiary/aromatic N) is 1. The predicted octanol–water partition coefficient (Wildman–Crippen LogP) is 3.62. The van der Waals surface area contributed by atoms with E-state index in [0.717, 1.165) is 16.7 Å². The molecule has 0 unspecified atom stereocenters. The van der Waals surface area contributed by atoms with Gasteiger partial charge in [-0.1, -0.05) is 54.6 Å². The fraction of sp³-hybridized carbons (Fsp3) is 0. The third kappa shape index (κ3) is 3.11. The number of amidine groups is 1. The van der Waals surface area contributed by atoms with Crippen LogP contribution in [0, 0.1) is 5.82 Å². The van der Waals surface area contributed by atoms with E-state index in [1.165, 1.54) is 6.07 Å². The van der Waals surface area contributed by atoms with E-state index in [1.54, 1.807) is 18.2 Å².